The molecular weight excluding hydrogens is 478 g/mol. The Kier molecular flexibility index (Phi) is 6.88. The topological polar surface area (TPSA) is 109 Å². The predicted molar refractivity (Wildman–Crippen MR) is 148 cm³/mol. The molecule has 1 unspecified atom stereocenters. The van der Waals surface area contributed by atoms with Gasteiger partial charge in [0.25, 0.3) is 0 Å². The molecule has 0 spiro atoms. The lowest BCUT2D eigenvalue weighted by molar-refractivity contribution is 0.101. The highest BCUT2D eigenvalue weighted by atomic mass is 16.1. The van der Waals surface area contributed by atoms with Crippen LogP contribution in [0.25, 0.3) is 22.2 Å². The van der Waals surface area contributed by atoms with Gasteiger partial charge in [-0.25, -0.2) is 14.8 Å². The number of nitriles is 1. The molecule has 0 amide bonds. The summed E-state index contributed by atoms with van der Waals surface area (Å²) in [4.78, 5) is 36.3. The van der Waals surface area contributed by atoms with Crippen LogP contribution in [0.3, 0.4) is 0 Å². The second-order valence-corrected chi connectivity index (χ2v) is 10.3. The molecule has 1 fully saturated rings. The van der Waals surface area contributed by atoms with Crippen molar-refractivity contribution in [2.75, 3.05) is 18.0 Å². The Balaban J connectivity index is 1.53. The summed E-state index contributed by atoms with van der Waals surface area (Å²) in [6, 6.07) is 9.17. The van der Waals surface area contributed by atoms with Crippen LogP contribution in [0.4, 0.5) is 5.82 Å². The van der Waals surface area contributed by atoms with Crippen molar-refractivity contribution in [2.24, 2.45) is 14.1 Å². The van der Waals surface area contributed by atoms with E-state index in [1.807, 2.05) is 18.5 Å². The highest BCUT2D eigenvalue weighted by Crippen LogP contribution is 2.34. The fourth-order valence-corrected chi connectivity index (χ4v) is 5.80. The van der Waals surface area contributed by atoms with Gasteiger partial charge >= 0.3 is 5.69 Å². The van der Waals surface area contributed by atoms with Crippen LogP contribution in [0.15, 0.2) is 29.2 Å². The number of aromatic nitrogens is 6. The van der Waals surface area contributed by atoms with Crippen molar-refractivity contribution in [1.82, 2.24) is 34.0 Å². The normalized spacial score (nSPS) is 19.2. The SMILES string of the molecule is CC[C@H]1CN(C(C)c2ccc3ncc(C)nc3c2)[C@H](CC)CN1c1nc(=O)n(C)c2c1nc(CC#N)n2C. The summed E-state index contributed by atoms with van der Waals surface area (Å²) in [7, 11) is 3.56. The quantitative estimate of drug-likeness (QED) is 0.386. The molecule has 0 radical (unpaired) electrons. The van der Waals surface area contributed by atoms with E-state index in [2.05, 4.69) is 64.8 Å². The van der Waals surface area contributed by atoms with Crippen LogP contribution in [0.5, 0.6) is 0 Å². The molecule has 3 aromatic heterocycles. The van der Waals surface area contributed by atoms with Gasteiger partial charge in [0.15, 0.2) is 5.82 Å². The van der Waals surface area contributed by atoms with E-state index in [4.69, 9.17) is 9.97 Å². The highest BCUT2D eigenvalue weighted by Gasteiger charge is 2.37. The van der Waals surface area contributed by atoms with Gasteiger partial charge in [-0.1, -0.05) is 19.9 Å². The minimum absolute atomic E-state index is 0.159. The Bertz CT molecular complexity index is 1600. The van der Waals surface area contributed by atoms with Crippen molar-refractivity contribution in [1.29, 1.82) is 5.26 Å². The van der Waals surface area contributed by atoms with Gasteiger partial charge in [-0.2, -0.15) is 10.2 Å². The van der Waals surface area contributed by atoms with Gasteiger partial charge in [0.1, 0.15) is 17.0 Å². The molecule has 4 aromatic rings. The fourth-order valence-electron chi connectivity index (χ4n) is 5.80. The Morgan fingerprint density at radius 2 is 1.82 bits per heavy atom. The molecule has 198 valence electrons. The minimum atomic E-state index is -0.315. The van der Waals surface area contributed by atoms with Crippen LogP contribution >= 0.6 is 0 Å². The maximum absolute atomic E-state index is 12.9. The molecule has 0 bridgehead atoms. The summed E-state index contributed by atoms with van der Waals surface area (Å²) in [6.45, 7) is 10.2. The molecule has 1 aromatic carbocycles. The molecule has 5 rings (SSSR count). The number of rotatable bonds is 6. The van der Waals surface area contributed by atoms with Gasteiger partial charge in [0, 0.05) is 51.5 Å². The number of benzene rings is 1. The fraction of sp³-hybridized carbons (Fsp3) is 0.500. The van der Waals surface area contributed by atoms with Gasteiger partial charge in [-0.15, -0.1) is 0 Å². The van der Waals surface area contributed by atoms with Crippen molar-refractivity contribution in [3.8, 4) is 6.07 Å². The Labute approximate surface area is 222 Å². The van der Waals surface area contributed by atoms with E-state index in [0.717, 1.165) is 42.7 Å². The van der Waals surface area contributed by atoms with E-state index in [-0.39, 0.29) is 30.2 Å². The Morgan fingerprint density at radius 3 is 2.53 bits per heavy atom. The van der Waals surface area contributed by atoms with Gasteiger partial charge in [0.05, 0.1) is 29.2 Å². The Morgan fingerprint density at radius 1 is 1.05 bits per heavy atom. The number of imidazole rings is 1. The van der Waals surface area contributed by atoms with E-state index in [9.17, 15) is 10.1 Å². The largest absolute Gasteiger partial charge is 0.350 e. The number of nitrogens with zero attached hydrogens (tertiary/aromatic N) is 9. The third kappa shape index (κ3) is 4.31. The number of hydrogen-bond donors (Lipinski definition) is 0. The van der Waals surface area contributed by atoms with Gasteiger partial charge < -0.3 is 9.47 Å². The number of hydrogen-bond acceptors (Lipinski definition) is 8. The van der Waals surface area contributed by atoms with Crippen molar-refractivity contribution >= 4 is 28.0 Å². The summed E-state index contributed by atoms with van der Waals surface area (Å²) in [5.41, 5.74) is 5.01. The molecule has 3 atom stereocenters. The van der Waals surface area contributed by atoms with Crippen molar-refractivity contribution in [3.05, 3.63) is 52.0 Å². The maximum atomic E-state index is 12.9. The monoisotopic (exact) mass is 513 g/mol. The third-order valence-corrected chi connectivity index (χ3v) is 8.03. The summed E-state index contributed by atoms with van der Waals surface area (Å²) in [5.74, 6) is 1.26. The van der Waals surface area contributed by atoms with Crippen LogP contribution in [0, 0.1) is 18.3 Å². The predicted octanol–water partition coefficient (Wildman–Crippen LogP) is 3.43. The van der Waals surface area contributed by atoms with Crippen molar-refractivity contribution in [2.45, 2.75) is 65.1 Å². The summed E-state index contributed by atoms with van der Waals surface area (Å²) < 4.78 is 3.36. The second kappa shape index (κ2) is 10.1. The van der Waals surface area contributed by atoms with Gasteiger partial charge in [-0.3, -0.25) is 14.5 Å². The molecule has 1 saturated heterocycles. The van der Waals surface area contributed by atoms with Crippen LogP contribution < -0.4 is 10.6 Å². The van der Waals surface area contributed by atoms with Crippen molar-refractivity contribution < 1.29 is 0 Å². The molecule has 1 aliphatic heterocycles. The number of aryl methyl sites for hydroxylation is 3. The van der Waals surface area contributed by atoms with E-state index >= 15 is 0 Å². The first-order valence-electron chi connectivity index (χ1n) is 13.3. The maximum Gasteiger partial charge on any atom is 0.350 e. The summed E-state index contributed by atoms with van der Waals surface area (Å²) in [6.07, 6.45) is 3.84. The molecule has 10 nitrogen and oxygen atoms in total. The Hall–Kier alpha value is -3.84. The van der Waals surface area contributed by atoms with E-state index in [0.29, 0.717) is 22.8 Å². The molecule has 0 aliphatic carbocycles. The first-order chi connectivity index (χ1) is 18.3. The summed E-state index contributed by atoms with van der Waals surface area (Å²) >= 11 is 0. The van der Waals surface area contributed by atoms with Crippen molar-refractivity contribution in [3.63, 3.8) is 0 Å². The number of anilines is 1. The molecule has 0 saturated carbocycles. The van der Waals surface area contributed by atoms with Crippen LogP contribution in [0.2, 0.25) is 0 Å². The number of fused-ring (bicyclic) bond motifs is 2. The average molecular weight is 514 g/mol. The zero-order valence-electron chi connectivity index (χ0n) is 23.0. The molecule has 10 heteroatoms. The van der Waals surface area contributed by atoms with Gasteiger partial charge in [0.2, 0.25) is 0 Å². The van der Waals surface area contributed by atoms with Crippen LogP contribution in [0.1, 0.15) is 56.7 Å². The molecule has 1 aliphatic rings. The molecule has 38 heavy (non-hydrogen) atoms. The van der Waals surface area contributed by atoms with E-state index in [1.165, 1.54) is 10.1 Å². The lowest BCUT2D eigenvalue weighted by Crippen LogP contribution is -2.59. The zero-order chi connectivity index (χ0) is 27.1. The summed E-state index contributed by atoms with van der Waals surface area (Å²) in [5, 5.41) is 9.29. The minimum Gasteiger partial charge on any atom is -0.349 e. The molecule has 0 N–H and O–H groups in total. The zero-order valence-corrected chi connectivity index (χ0v) is 23.0. The number of piperazine rings is 1. The third-order valence-electron chi connectivity index (χ3n) is 8.03. The lowest BCUT2D eigenvalue weighted by atomic mass is 9.97. The molecule has 4 heterocycles. The standard InChI is InChI=1S/C28H35N9O/c1-7-20-16-37(26-25-27(35(6)28(38)33-26)34(5)24(32-25)11-12-29)21(8-2)15-36(20)18(4)19-9-10-22-23(13-19)31-17(3)14-30-22/h9-10,13-14,18,20-21H,7-8,11,15-16H2,1-6H3/t18?,20-,21+/m1/s1. The first-order valence-corrected chi connectivity index (χ1v) is 13.3. The average Bonchev–Trinajstić information content (AvgIpc) is 3.25. The van der Waals surface area contributed by atoms with E-state index < -0.39 is 0 Å². The van der Waals surface area contributed by atoms with E-state index in [1.54, 1.807) is 13.2 Å². The van der Waals surface area contributed by atoms with Crippen LogP contribution in [-0.4, -0.2) is 59.1 Å². The lowest BCUT2D eigenvalue weighted by Gasteiger charge is -2.49. The highest BCUT2D eigenvalue weighted by molar-refractivity contribution is 5.84. The smallest absolute Gasteiger partial charge is 0.349 e. The first kappa shape index (κ1) is 25.8. The van der Waals surface area contributed by atoms with Crippen LogP contribution in [-0.2, 0) is 20.5 Å². The second-order valence-electron chi connectivity index (χ2n) is 10.3. The molecular formula is C28H35N9O. The van der Waals surface area contributed by atoms with Gasteiger partial charge in [-0.05, 0) is 44.4 Å².